The Hall–Kier alpha value is -5.29. The van der Waals surface area contributed by atoms with Crippen LogP contribution in [0.2, 0.25) is 0 Å². The summed E-state index contributed by atoms with van der Waals surface area (Å²) in [6.45, 7) is 0. The number of nitrogens with one attached hydrogen (secondary N) is 3. The van der Waals surface area contributed by atoms with Gasteiger partial charge in [0.2, 0.25) is 5.91 Å². The van der Waals surface area contributed by atoms with Crippen molar-refractivity contribution in [3.63, 3.8) is 0 Å². The Morgan fingerprint density at radius 2 is 1.80 bits per heavy atom. The van der Waals surface area contributed by atoms with Crippen molar-refractivity contribution >= 4 is 44.9 Å². The van der Waals surface area contributed by atoms with Crippen molar-refractivity contribution in [1.29, 1.82) is 0 Å². The van der Waals surface area contributed by atoms with Gasteiger partial charge in [0.05, 0.1) is 46.4 Å². The summed E-state index contributed by atoms with van der Waals surface area (Å²) in [6.07, 6.45) is 4.67. The summed E-state index contributed by atoms with van der Waals surface area (Å²) in [7, 11) is 0. The van der Waals surface area contributed by atoms with Crippen LogP contribution in [0, 0.1) is 10.9 Å². The van der Waals surface area contributed by atoms with Crippen molar-refractivity contribution in [1.82, 2.24) is 30.1 Å². The maximum atomic E-state index is 16.1. The molecule has 0 spiro atoms. The van der Waals surface area contributed by atoms with Crippen molar-refractivity contribution in [2.45, 2.75) is 6.42 Å². The average molecular weight is 564 g/mol. The molecule has 0 saturated heterocycles. The fourth-order valence-electron chi connectivity index (χ4n) is 4.77. The van der Waals surface area contributed by atoms with Gasteiger partial charge in [0.25, 0.3) is 0 Å². The van der Waals surface area contributed by atoms with E-state index in [9.17, 15) is 9.18 Å². The molecular weight excluding hydrogens is 544 g/mol. The standard InChI is InChI=1S/C30H19F2N7OS/c31-23-10-9-22(41-23)19-7-4-8-20-28(19)37-30(36-20)29-25-21(38-39-29)15-34-27(26(25)32)17-12-18(14-33-13-17)35-24(40)11-16-5-2-1-3-6-16/h1-10,12-15H,11H2,(H,35,40)(H,36,37)(H,38,39). The van der Waals surface area contributed by atoms with E-state index in [-0.39, 0.29) is 34.2 Å². The number of para-hydroxylation sites is 1. The van der Waals surface area contributed by atoms with Crippen LogP contribution in [0.4, 0.5) is 14.5 Å². The number of hydrogen-bond donors (Lipinski definition) is 3. The molecule has 0 fully saturated rings. The second kappa shape index (κ2) is 10.0. The monoisotopic (exact) mass is 563 g/mol. The van der Waals surface area contributed by atoms with E-state index in [0.29, 0.717) is 33.6 Å². The van der Waals surface area contributed by atoms with Gasteiger partial charge in [-0.25, -0.2) is 9.37 Å². The molecule has 0 aliphatic heterocycles. The first-order chi connectivity index (χ1) is 20.0. The number of pyridine rings is 2. The number of carbonyl (C=O) groups is 1. The number of imidazole rings is 1. The van der Waals surface area contributed by atoms with E-state index in [1.165, 1.54) is 24.7 Å². The fraction of sp³-hybridized carbons (Fsp3) is 0.0333. The molecule has 0 saturated carbocycles. The number of hydrogen-bond acceptors (Lipinski definition) is 6. The first-order valence-electron chi connectivity index (χ1n) is 12.6. The number of H-pyrrole nitrogens is 2. The van der Waals surface area contributed by atoms with E-state index < -0.39 is 5.82 Å². The Morgan fingerprint density at radius 1 is 0.927 bits per heavy atom. The summed E-state index contributed by atoms with van der Waals surface area (Å²) in [4.78, 5) is 29.7. The van der Waals surface area contributed by atoms with Crippen molar-refractivity contribution in [3.05, 3.63) is 102 Å². The van der Waals surface area contributed by atoms with Crippen LogP contribution in [0.15, 0.2) is 85.3 Å². The summed E-state index contributed by atoms with van der Waals surface area (Å²) in [6, 6.07) is 19.7. The molecule has 0 atom stereocenters. The normalized spacial score (nSPS) is 11.4. The number of halogens is 2. The van der Waals surface area contributed by atoms with Crippen LogP contribution in [0.3, 0.4) is 0 Å². The zero-order valence-corrected chi connectivity index (χ0v) is 22.0. The molecule has 8 nitrogen and oxygen atoms in total. The van der Waals surface area contributed by atoms with Gasteiger partial charge in [-0.15, -0.1) is 11.3 Å². The molecule has 7 aromatic rings. The SMILES string of the molecule is O=C(Cc1ccccc1)Nc1cncc(-c2ncc3[nH]nc(-c4nc5c(-c6ccc(F)s6)cccc5[nH]4)c3c2F)c1. The number of aromatic nitrogens is 6. The molecular formula is C30H19F2N7OS. The van der Waals surface area contributed by atoms with E-state index in [2.05, 4.69) is 30.5 Å². The van der Waals surface area contributed by atoms with Crippen LogP contribution < -0.4 is 5.32 Å². The lowest BCUT2D eigenvalue weighted by atomic mass is 10.1. The molecule has 200 valence electrons. The minimum atomic E-state index is -0.609. The molecule has 0 bridgehead atoms. The molecule has 5 aromatic heterocycles. The van der Waals surface area contributed by atoms with E-state index in [1.54, 1.807) is 12.1 Å². The van der Waals surface area contributed by atoms with Crippen LogP contribution in [0.1, 0.15) is 5.56 Å². The lowest BCUT2D eigenvalue weighted by molar-refractivity contribution is -0.115. The zero-order valence-electron chi connectivity index (χ0n) is 21.2. The number of thiophene rings is 1. The van der Waals surface area contributed by atoms with Gasteiger partial charge in [0.15, 0.2) is 16.8 Å². The minimum Gasteiger partial charge on any atom is -0.337 e. The molecule has 0 aliphatic carbocycles. The van der Waals surface area contributed by atoms with Gasteiger partial charge in [-0.05, 0) is 29.8 Å². The maximum absolute atomic E-state index is 16.1. The fourth-order valence-corrected chi connectivity index (χ4v) is 5.53. The molecule has 5 heterocycles. The van der Waals surface area contributed by atoms with Crippen molar-refractivity contribution in [2.75, 3.05) is 5.32 Å². The predicted molar refractivity (Wildman–Crippen MR) is 154 cm³/mol. The minimum absolute atomic E-state index is 0.0534. The number of benzene rings is 2. The van der Waals surface area contributed by atoms with E-state index in [4.69, 9.17) is 4.98 Å². The topological polar surface area (TPSA) is 112 Å². The van der Waals surface area contributed by atoms with Crippen molar-refractivity contribution in [2.24, 2.45) is 0 Å². The van der Waals surface area contributed by atoms with Gasteiger partial charge in [-0.2, -0.15) is 9.49 Å². The molecule has 0 radical (unpaired) electrons. The summed E-state index contributed by atoms with van der Waals surface area (Å²) >= 11 is 1.03. The highest BCUT2D eigenvalue weighted by Gasteiger charge is 2.21. The second-order valence-electron chi connectivity index (χ2n) is 9.35. The molecule has 7 rings (SSSR count). The number of rotatable bonds is 6. The first kappa shape index (κ1) is 24.7. The summed E-state index contributed by atoms with van der Waals surface area (Å²) in [5.74, 6) is -0.473. The third-order valence-corrected chi connectivity index (χ3v) is 7.53. The number of aromatic amines is 2. The Balaban J connectivity index is 1.24. The lowest BCUT2D eigenvalue weighted by Crippen LogP contribution is -2.14. The lowest BCUT2D eigenvalue weighted by Gasteiger charge is -2.08. The maximum Gasteiger partial charge on any atom is 0.228 e. The highest BCUT2D eigenvalue weighted by Crippen LogP contribution is 2.36. The van der Waals surface area contributed by atoms with E-state index in [1.807, 2.05) is 48.5 Å². The zero-order chi connectivity index (χ0) is 27.9. The Morgan fingerprint density at radius 3 is 2.63 bits per heavy atom. The Labute approximate surface area is 235 Å². The van der Waals surface area contributed by atoms with Crippen LogP contribution in [0.25, 0.3) is 55.2 Å². The van der Waals surface area contributed by atoms with Gasteiger partial charge in [0.1, 0.15) is 11.4 Å². The van der Waals surface area contributed by atoms with Gasteiger partial charge in [0, 0.05) is 22.2 Å². The molecule has 2 aromatic carbocycles. The van der Waals surface area contributed by atoms with Crippen LogP contribution >= 0.6 is 11.3 Å². The molecule has 1 amide bonds. The third-order valence-electron chi connectivity index (χ3n) is 6.62. The van der Waals surface area contributed by atoms with Crippen LogP contribution in [0.5, 0.6) is 0 Å². The summed E-state index contributed by atoms with van der Waals surface area (Å²) < 4.78 is 29.8. The molecule has 3 N–H and O–H groups in total. The quantitative estimate of drug-likeness (QED) is 0.207. The van der Waals surface area contributed by atoms with Gasteiger partial charge < -0.3 is 10.3 Å². The van der Waals surface area contributed by atoms with E-state index >= 15 is 4.39 Å². The highest BCUT2D eigenvalue weighted by atomic mass is 32.1. The smallest absolute Gasteiger partial charge is 0.228 e. The van der Waals surface area contributed by atoms with Gasteiger partial charge in [-0.1, -0.05) is 42.5 Å². The van der Waals surface area contributed by atoms with Crippen LogP contribution in [-0.4, -0.2) is 36.0 Å². The number of amides is 1. The summed E-state index contributed by atoms with van der Waals surface area (Å²) in [5.41, 5.74) is 4.51. The van der Waals surface area contributed by atoms with Gasteiger partial charge >= 0.3 is 0 Å². The molecule has 41 heavy (non-hydrogen) atoms. The van der Waals surface area contributed by atoms with Crippen molar-refractivity contribution in [3.8, 4) is 33.2 Å². The molecule has 11 heteroatoms. The number of carbonyl (C=O) groups excluding carboxylic acids is 1. The average Bonchev–Trinajstić information content (AvgIpc) is 3.72. The Kier molecular flexibility index (Phi) is 6.05. The molecule has 0 aliphatic rings. The van der Waals surface area contributed by atoms with Gasteiger partial charge in [-0.3, -0.25) is 19.9 Å². The first-order valence-corrected chi connectivity index (χ1v) is 13.4. The predicted octanol–water partition coefficient (Wildman–Crippen LogP) is 6.75. The van der Waals surface area contributed by atoms with E-state index in [0.717, 1.165) is 27.3 Å². The third kappa shape index (κ3) is 4.61. The second-order valence-corrected chi connectivity index (χ2v) is 10.4. The molecule has 0 unspecified atom stereocenters. The van der Waals surface area contributed by atoms with Crippen LogP contribution in [-0.2, 0) is 11.2 Å². The number of fused-ring (bicyclic) bond motifs is 2. The largest absolute Gasteiger partial charge is 0.337 e. The summed E-state index contributed by atoms with van der Waals surface area (Å²) in [5, 5.41) is 9.89. The highest BCUT2D eigenvalue weighted by molar-refractivity contribution is 7.14. The van der Waals surface area contributed by atoms with Crippen molar-refractivity contribution < 1.29 is 13.6 Å². The number of nitrogens with zero attached hydrogens (tertiary/aromatic N) is 4. The number of anilines is 1. The Bertz CT molecular complexity index is 2070.